The van der Waals surface area contributed by atoms with E-state index in [1.807, 2.05) is 0 Å². The van der Waals surface area contributed by atoms with Crippen molar-refractivity contribution in [1.82, 2.24) is 9.78 Å². The molecule has 0 unspecified atom stereocenters. The van der Waals surface area contributed by atoms with Crippen molar-refractivity contribution >= 4 is 12.0 Å². The maximum Gasteiger partial charge on any atom is 0.354 e. The van der Waals surface area contributed by atoms with E-state index in [0.29, 0.717) is 5.56 Å². The molecule has 1 heterocycles. The zero-order chi connectivity index (χ0) is 8.43. The summed E-state index contributed by atoms with van der Waals surface area (Å²) in [5.41, 5.74) is 0.708. The highest BCUT2D eigenvalue weighted by atomic mass is 16.4. The molecule has 0 aliphatic heterocycles. The Morgan fingerprint density at radius 3 is 2.91 bits per heavy atom. The van der Waals surface area contributed by atoms with Gasteiger partial charge in [0, 0.05) is 12.6 Å². The van der Waals surface area contributed by atoms with Crippen molar-refractivity contribution in [2.75, 3.05) is 0 Å². The molecule has 4 nitrogen and oxygen atoms in total. The Morgan fingerprint density at radius 1 is 1.91 bits per heavy atom. The molecule has 0 amide bonds. The van der Waals surface area contributed by atoms with Crippen LogP contribution in [-0.2, 0) is 7.05 Å². The van der Waals surface area contributed by atoms with E-state index < -0.39 is 5.97 Å². The van der Waals surface area contributed by atoms with Crippen LogP contribution < -0.4 is 0 Å². The first-order valence-electron chi connectivity index (χ1n) is 3.04. The molecule has 0 radical (unpaired) electrons. The van der Waals surface area contributed by atoms with Gasteiger partial charge in [-0.3, -0.25) is 4.68 Å². The van der Waals surface area contributed by atoms with Gasteiger partial charge >= 0.3 is 5.97 Å². The van der Waals surface area contributed by atoms with E-state index >= 15 is 0 Å². The maximum atomic E-state index is 10.6. The Balaban J connectivity index is 3.28. The predicted molar refractivity (Wildman–Crippen MR) is 40.3 cm³/mol. The Kier molecular flexibility index (Phi) is 1.76. The van der Waals surface area contributed by atoms with Crippen molar-refractivity contribution in [3.8, 4) is 0 Å². The number of aromatic nitrogens is 2. The number of carboxylic acid groups (broad SMARTS) is 1. The Bertz CT molecular complexity index is 301. The van der Waals surface area contributed by atoms with Gasteiger partial charge < -0.3 is 5.11 Å². The minimum atomic E-state index is -0.986. The molecule has 58 valence electrons. The van der Waals surface area contributed by atoms with Gasteiger partial charge in [-0.05, 0) is 0 Å². The second-order valence-electron chi connectivity index (χ2n) is 2.08. The zero-order valence-electron chi connectivity index (χ0n) is 6.11. The van der Waals surface area contributed by atoms with Crippen molar-refractivity contribution < 1.29 is 9.90 Å². The second-order valence-corrected chi connectivity index (χ2v) is 2.08. The smallest absolute Gasteiger partial charge is 0.354 e. The topological polar surface area (TPSA) is 55.1 Å². The van der Waals surface area contributed by atoms with Crippen LogP contribution in [0.15, 0.2) is 12.8 Å². The monoisotopic (exact) mass is 152 g/mol. The van der Waals surface area contributed by atoms with Gasteiger partial charge in [-0.2, -0.15) is 5.10 Å². The van der Waals surface area contributed by atoms with Crippen LogP contribution >= 0.6 is 0 Å². The van der Waals surface area contributed by atoms with E-state index in [1.54, 1.807) is 7.05 Å². The highest BCUT2D eigenvalue weighted by Gasteiger charge is 2.12. The molecule has 0 aromatic carbocycles. The normalized spacial score (nSPS) is 9.55. The largest absolute Gasteiger partial charge is 0.477 e. The van der Waals surface area contributed by atoms with Gasteiger partial charge in [0.2, 0.25) is 0 Å². The van der Waals surface area contributed by atoms with Gasteiger partial charge in [-0.1, -0.05) is 12.7 Å². The molecule has 0 bridgehead atoms. The minimum absolute atomic E-state index is 0.167. The molecule has 4 heteroatoms. The molecule has 0 fully saturated rings. The third-order valence-corrected chi connectivity index (χ3v) is 1.39. The Hall–Kier alpha value is -1.58. The van der Waals surface area contributed by atoms with Crippen LogP contribution in [-0.4, -0.2) is 20.9 Å². The molecule has 1 aromatic heterocycles. The standard InChI is InChI=1S/C7H8N2O2/c1-3-5-4-8-9(2)6(5)7(10)11/h3-4H,1H2,2H3,(H,10,11). The number of aromatic carboxylic acids is 1. The fraction of sp³-hybridized carbons (Fsp3) is 0.143. The third-order valence-electron chi connectivity index (χ3n) is 1.39. The summed E-state index contributed by atoms with van der Waals surface area (Å²) < 4.78 is 1.30. The van der Waals surface area contributed by atoms with Gasteiger partial charge in [0.25, 0.3) is 0 Å². The van der Waals surface area contributed by atoms with Gasteiger partial charge in [-0.15, -0.1) is 0 Å². The molecule has 0 spiro atoms. The lowest BCUT2D eigenvalue weighted by Crippen LogP contribution is -2.06. The molecule has 1 N–H and O–H groups in total. The first-order chi connectivity index (χ1) is 5.16. The molecule has 0 saturated carbocycles. The van der Waals surface area contributed by atoms with Crippen LogP contribution in [0.5, 0.6) is 0 Å². The van der Waals surface area contributed by atoms with Crippen LogP contribution in [0.25, 0.3) is 6.08 Å². The van der Waals surface area contributed by atoms with E-state index in [2.05, 4.69) is 11.7 Å². The van der Waals surface area contributed by atoms with Gasteiger partial charge in [0.15, 0.2) is 5.69 Å². The summed E-state index contributed by atoms with van der Waals surface area (Å²) in [5, 5.41) is 12.4. The Labute approximate surface area is 63.8 Å². The summed E-state index contributed by atoms with van der Waals surface area (Å²) in [4.78, 5) is 10.6. The number of hydrogen-bond donors (Lipinski definition) is 1. The number of aryl methyl sites for hydroxylation is 1. The van der Waals surface area contributed by atoms with Gasteiger partial charge in [-0.25, -0.2) is 4.79 Å². The van der Waals surface area contributed by atoms with E-state index in [4.69, 9.17) is 5.11 Å². The second kappa shape index (κ2) is 2.57. The highest BCUT2D eigenvalue weighted by Crippen LogP contribution is 2.07. The maximum absolute atomic E-state index is 10.6. The Morgan fingerprint density at radius 2 is 2.55 bits per heavy atom. The number of hydrogen-bond acceptors (Lipinski definition) is 2. The lowest BCUT2D eigenvalue weighted by Gasteiger charge is -1.94. The number of carboxylic acids is 1. The number of nitrogens with zero attached hydrogens (tertiary/aromatic N) is 2. The summed E-state index contributed by atoms with van der Waals surface area (Å²) in [6, 6.07) is 0. The fourth-order valence-electron chi connectivity index (χ4n) is 0.866. The van der Waals surface area contributed by atoms with Gasteiger partial charge in [0.1, 0.15) is 0 Å². The molecule has 0 atom stereocenters. The molecule has 1 aromatic rings. The van der Waals surface area contributed by atoms with E-state index in [0.717, 1.165) is 0 Å². The predicted octanol–water partition coefficient (Wildman–Crippen LogP) is 0.761. The SMILES string of the molecule is C=Cc1cnn(C)c1C(=O)O. The van der Waals surface area contributed by atoms with Crippen LogP contribution in [0.2, 0.25) is 0 Å². The van der Waals surface area contributed by atoms with Gasteiger partial charge in [0.05, 0.1) is 6.20 Å². The average Bonchev–Trinajstić information content (AvgIpc) is 2.30. The highest BCUT2D eigenvalue weighted by molar-refractivity contribution is 5.89. The summed E-state index contributed by atoms with van der Waals surface area (Å²) in [7, 11) is 1.58. The average molecular weight is 152 g/mol. The van der Waals surface area contributed by atoms with Crippen molar-refractivity contribution in [1.29, 1.82) is 0 Å². The van der Waals surface area contributed by atoms with E-state index in [1.165, 1.54) is 17.0 Å². The summed E-state index contributed by atoms with van der Waals surface area (Å²) in [6.45, 7) is 3.47. The van der Waals surface area contributed by atoms with Crippen molar-refractivity contribution in [3.63, 3.8) is 0 Å². The quantitative estimate of drug-likeness (QED) is 0.680. The molecule has 0 saturated heterocycles. The summed E-state index contributed by atoms with van der Waals surface area (Å²) in [5.74, 6) is -0.986. The molecule has 0 aliphatic rings. The van der Waals surface area contributed by atoms with Crippen LogP contribution in [0, 0.1) is 0 Å². The van der Waals surface area contributed by atoms with Crippen molar-refractivity contribution in [2.45, 2.75) is 0 Å². The third kappa shape index (κ3) is 1.14. The molecule has 11 heavy (non-hydrogen) atoms. The molecule has 1 rings (SSSR count). The van der Waals surface area contributed by atoms with Crippen LogP contribution in [0.4, 0.5) is 0 Å². The van der Waals surface area contributed by atoms with Crippen LogP contribution in [0.1, 0.15) is 16.1 Å². The van der Waals surface area contributed by atoms with Crippen molar-refractivity contribution in [2.24, 2.45) is 7.05 Å². The number of carbonyl (C=O) groups is 1. The molecular formula is C7H8N2O2. The first-order valence-corrected chi connectivity index (χ1v) is 3.04. The van der Waals surface area contributed by atoms with Crippen molar-refractivity contribution in [3.05, 3.63) is 24.0 Å². The summed E-state index contributed by atoms with van der Waals surface area (Å²) >= 11 is 0. The zero-order valence-corrected chi connectivity index (χ0v) is 6.11. The van der Waals surface area contributed by atoms with E-state index in [-0.39, 0.29) is 5.69 Å². The minimum Gasteiger partial charge on any atom is -0.477 e. The summed E-state index contributed by atoms with van der Waals surface area (Å²) in [6.07, 6.45) is 2.94. The molecule has 0 aliphatic carbocycles. The lowest BCUT2D eigenvalue weighted by molar-refractivity contribution is 0.0685. The number of rotatable bonds is 2. The molecular weight excluding hydrogens is 144 g/mol. The van der Waals surface area contributed by atoms with E-state index in [9.17, 15) is 4.79 Å². The first kappa shape index (κ1) is 7.53. The van der Waals surface area contributed by atoms with Crippen LogP contribution in [0.3, 0.4) is 0 Å². The fourth-order valence-corrected chi connectivity index (χ4v) is 0.866. The lowest BCUT2D eigenvalue weighted by atomic mass is 10.2.